The number of benzene rings is 2. The highest BCUT2D eigenvalue weighted by Crippen LogP contribution is 2.30. The number of hydrogen-bond donors (Lipinski definition) is 1. The fourth-order valence-electron chi connectivity index (χ4n) is 2.62. The van der Waals surface area contributed by atoms with Crippen LogP contribution in [0.3, 0.4) is 0 Å². The molecule has 0 atom stereocenters. The predicted molar refractivity (Wildman–Crippen MR) is 106 cm³/mol. The van der Waals surface area contributed by atoms with E-state index in [9.17, 15) is 4.79 Å². The highest BCUT2D eigenvalue weighted by atomic mass is 79.9. The van der Waals surface area contributed by atoms with Gasteiger partial charge in [0, 0.05) is 5.56 Å². The van der Waals surface area contributed by atoms with Gasteiger partial charge in [-0.15, -0.1) is 0 Å². The molecular weight excluding hydrogens is 426 g/mol. The molecule has 0 aliphatic heterocycles. The largest absolute Gasteiger partial charge is 0.496 e. The summed E-state index contributed by atoms with van der Waals surface area (Å²) >= 11 is 3.39. The first kappa shape index (κ1) is 18.0. The summed E-state index contributed by atoms with van der Waals surface area (Å²) in [6.45, 7) is 0. The smallest absolute Gasteiger partial charge is 0.260 e. The molecule has 0 radical (unpaired) electrons. The van der Waals surface area contributed by atoms with E-state index in [1.165, 1.54) is 6.26 Å². The quantitative estimate of drug-likeness (QED) is 0.469. The van der Waals surface area contributed by atoms with Gasteiger partial charge >= 0.3 is 0 Å². The third-order valence-corrected chi connectivity index (χ3v) is 4.61. The monoisotopic (exact) mass is 439 g/mol. The Kier molecular flexibility index (Phi) is 4.94. The van der Waals surface area contributed by atoms with Gasteiger partial charge < -0.3 is 19.0 Å². The number of anilines is 1. The van der Waals surface area contributed by atoms with Gasteiger partial charge in [-0.1, -0.05) is 17.3 Å². The summed E-state index contributed by atoms with van der Waals surface area (Å²) in [7, 11) is 1.57. The normalized spacial score (nSPS) is 10.6. The molecule has 0 spiro atoms. The van der Waals surface area contributed by atoms with Crippen LogP contribution in [0, 0.1) is 0 Å². The summed E-state index contributed by atoms with van der Waals surface area (Å²) in [4.78, 5) is 17.0. The van der Waals surface area contributed by atoms with Gasteiger partial charge in [-0.05, 0) is 58.4 Å². The van der Waals surface area contributed by atoms with Gasteiger partial charge in [-0.25, -0.2) is 0 Å². The lowest BCUT2D eigenvalue weighted by atomic mass is 10.1. The summed E-state index contributed by atoms with van der Waals surface area (Å²) in [5.74, 6) is 1.48. The van der Waals surface area contributed by atoms with Crippen molar-refractivity contribution in [2.45, 2.75) is 0 Å². The Balaban J connectivity index is 1.61. The molecular formula is C20H14BrN3O4. The Morgan fingerprint density at radius 2 is 2.00 bits per heavy atom. The molecule has 140 valence electrons. The molecule has 0 saturated carbocycles. The Morgan fingerprint density at radius 1 is 1.14 bits per heavy atom. The van der Waals surface area contributed by atoms with Crippen molar-refractivity contribution in [3.63, 3.8) is 0 Å². The summed E-state index contributed by atoms with van der Waals surface area (Å²) in [6.07, 6.45) is 1.53. The Bertz CT molecular complexity index is 1120. The predicted octanol–water partition coefficient (Wildman–Crippen LogP) is 5.02. The molecule has 4 aromatic rings. The van der Waals surface area contributed by atoms with Crippen molar-refractivity contribution in [2.75, 3.05) is 12.4 Å². The first-order chi connectivity index (χ1) is 13.7. The minimum Gasteiger partial charge on any atom is -0.496 e. The second kappa shape index (κ2) is 7.69. The zero-order chi connectivity index (χ0) is 19.5. The number of methoxy groups -OCH3 is 1. The number of nitrogens with zero attached hydrogens (tertiary/aromatic N) is 2. The van der Waals surface area contributed by atoms with E-state index < -0.39 is 0 Å². The van der Waals surface area contributed by atoms with Crippen molar-refractivity contribution in [3.05, 3.63) is 70.9 Å². The Hall–Kier alpha value is -3.39. The molecule has 1 N–H and O–H groups in total. The van der Waals surface area contributed by atoms with Crippen LogP contribution in [0.15, 0.2) is 74.3 Å². The summed E-state index contributed by atoms with van der Waals surface area (Å²) in [6, 6.07) is 15.8. The number of amides is 1. The SMILES string of the molecule is COc1ccc(C(=O)Nc2ccccc2-c2nc(-c3ccco3)no2)cc1Br. The fraction of sp³-hybridized carbons (Fsp3) is 0.0500. The number of carbonyl (C=O) groups excluding carboxylic acids is 1. The number of nitrogens with one attached hydrogen (secondary N) is 1. The molecule has 0 unspecified atom stereocenters. The van der Waals surface area contributed by atoms with Gasteiger partial charge in [-0.2, -0.15) is 4.98 Å². The van der Waals surface area contributed by atoms with Crippen molar-refractivity contribution in [3.8, 4) is 28.8 Å². The van der Waals surface area contributed by atoms with Gasteiger partial charge in [0.05, 0.1) is 29.1 Å². The molecule has 1 amide bonds. The van der Waals surface area contributed by atoms with E-state index >= 15 is 0 Å². The van der Waals surface area contributed by atoms with E-state index in [2.05, 4.69) is 31.4 Å². The number of hydrogen-bond acceptors (Lipinski definition) is 6. The van der Waals surface area contributed by atoms with Crippen LogP contribution >= 0.6 is 15.9 Å². The van der Waals surface area contributed by atoms with Crippen molar-refractivity contribution < 1.29 is 18.5 Å². The van der Waals surface area contributed by atoms with Gasteiger partial charge in [0.1, 0.15) is 5.75 Å². The average Bonchev–Trinajstić information content (AvgIpc) is 3.40. The average molecular weight is 440 g/mol. The number of para-hydroxylation sites is 1. The van der Waals surface area contributed by atoms with E-state index in [0.717, 1.165) is 0 Å². The minimum atomic E-state index is -0.276. The van der Waals surface area contributed by atoms with Crippen molar-refractivity contribution >= 4 is 27.5 Å². The third kappa shape index (κ3) is 3.54. The van der Waals surface area contributed by atoms with Crippen molar-refractivity contribution in [1.82, 2.24) is 10.1 Å². The van der Waals surface area contributed by atoms with Crippen LogP contribution in [0.2, 0.25) is 0 Å². The van der Waals surface area contributed by atoms with Crippen LogP contribution in [0.4, 0.5) is 5.69 Å². The third-order valence-electron chi connectivity index (χ3n) is 3.99. The lowest BCUT2D eigenvalue weighted by molar-refractivity contribution is 0.102. The van der Waals surface area contributed by atoms with Gasteiger partial charge in [-0.3, -0.25) is 4.79 Å². The first-order valence-corrected chi connectivity index (χ1v) is 9.07. The van der Waals surface area contributed by atoms with Gasteiger partial charge in [0.15, 0.2) is 5.76 Å². The van der Waals surface area contributed by atoms with E-state index in [0.29, 0.717) is 38.6 Å². The standard InChI is InChI=1S/C20H14BrN3O4/c1-26-16-9-8-12(11-14(16)21)19(25)22-15-6-3-2-5-13(15)20-23-18(24-28-20)17-7-4-10-27-17/h2-11H,1H3,(H,22,25). The number of carbonyl (C=O) groups is 1. The molecule has 7 nitrogen and oxygen atoms in total. The van der Waals surface area contributed by atoms with Crippen LogP contribution in [0.25, 0.3) is 23.0 Å². The molecule has 0 aliphatic carbocycles. The summed E-state index contributed by atoms with van der Waals surface area (Å²) < 4.78 is 16.5. The highest BCUT2D eigenvalue weighted by molar-refractivity contribution is 9.10. The summed E-state index contributed by atoms with van der Waals surface area (Å²) in [5.41, 5.74) is 1.63. The topological polar surface area (TPSA) is 90.4 Å². The molecule has 4 rings (SSSR count). The number of halogens is 1. The molecule has 2 heterocycles. The summed E-state index contributed by atoms with van der Waals surface area (Å²) in [5, 5.41) is 6.81. The zero-order valence-corrected chi connectivity index (χ0v) is 16.3. The number of furan rings is 1. The second-order valence-electron chi connectivity index (χ2n) is 5.75. The van der Waals surface area contributed by atoms with Gasteiger partial charge in [0.2, 0.25) is 5.82 Å². The van der Waals surface area contributed by atoms with E-state index in [4.69, 9.17) is 13.7 Å². The van der Waals surface area contributed by atoms with Crippen LogP contribution in [0.5, 0.6) is 5.75 Å². The molecule has 0 saturated heterocycles. The molecule has 28 heavy (non-hydrogen) atoms. The van der Waals surface area contributed by atoms with Crippen LogP contribution in [-0.2, 0) is 0 Å². The molecule has 2 aromatic carbocycles. The van der Waals surface area contributed by atoms with E-state index in [1.54, 1.807) is 49.6 Å². The maximum absolute atomic E-state index is 12.7. The second-order valence-corrected chi connectivity index (χ2v) is 6.60. The lowest BCUT2D eigenvalue weighted by Crippen LogP contribution is -2.12. The molecule has 0 fully saturated rings. The maximum Gasteiger partial charge on any atom is 0.260 e. The van der Waals surface area contributed by atoms with Crippen LogP contribution in [-0.4, -0.2) is 23.2 Å². The number of ether oxygens (including phenoxy) is 1. The minimum absolute atomic E-state index is 0.276. The molecule has 2 aromatic heterocycles. The Morgan fingerprint density at radius 3 is 2.75 bits per heavy atom. The fourth-order valence-corrected chi connectivity index (χ4v) is 3.16. The highest BCUT2D eigenvalue weighted by Gasteiger charge is 2.17. The van der Waals surface area contributed by atoms with Crippen molar-refractivity contribution in [2.24, 2.45) is 0 Å². The van der Waals surface area contributed by atoms with Crippen molar-refractivity contribution in [1.29, 1.82) is 0 Å². The Labute approximate surface area is 168 Å². The van der Waals surface area contributed by atoms with Crippen LogP contribution in [0.1, 0.15) is 10.4 Å². The zero-order valence-electron chi connectivity index (χ0n) is 14.7. The molecule has 0 bridgehead atoms. The van der Waals surface area contributed by atoms with E-state index in [1.807, 2.05) is 12.1 Å². The maximum atomic E-state index is 12.7. The van der Waals surface area contributed by atoms with E-state index in [-0.39, 0.29) is 11.8 Å². The molecule has 8 heteroatoms. The molecule has 0 aliphatic rings. The first-order valence-electron chi connectivity index (χ1n) is 8.27. The lowest BCUT2D eigenvalue weighted by Gasteiger charge is -2.10. The number of aromatic nitrogens is 2. The van der Waals surface area contributed by atoms with Gasteiger partial charge in [0.25, 0.3) is 11.8 Å². The van der Waals surface area contributed by atoms with Crippen LogP contribution < -0.4 is 10.1 Å². The number of rotatable bonds is 5.